The number of hydrogen-bond donors (Lipinski definition) is 0. The van der Waals surface area contributed by atoms with Crippen molar-refractivity contribution >= 4 is 15.9 Å². The van der Waals surface area contributed by atoms with Gasteiger partial charge in [0.1, 0.15) is 0 Å². The van der Waals surface area contributed by atoms with E-state index in [4.69, 9.17) is 9.47 Å². The normalized spacial score (nSPS) is 14.1. The lowest BCUT2D eigenvalue weighted by Gasteiger charge is -2.25. The summed E-state index contributed by atoms with van der Waals surface area (Å²) in [7, 11) is 1.66. The van der Waals surface area contributed by atoms with Gasteiger partial charge in [0.05, 0.1) is 13.7 Å². The highest BCUT2D eigenvalue weighted by Crippen LogP contribution is 2.30. The van der Waals surface area contributed by atoms with E-state index in [9.17, 15) is 0 Å². The number of para-hydroxylation sites is 2. The highest BCUT2D eigenvalue weighted by atomic mass is 79.9. The molecular weight excluding hydrogens is 280 g/mol. The van der Waals surface area contributed by atoms with E-state index in [0.29, 0.717) is 5.41 Å². The topological polar surface area (TPSA) is 18.5 Å². The van der Waals surface area contributed by atoms with Crippen LogP contribution in [0.4, 0.5) is 0 Å². The molecule has 0 heterocycles. The molecule has 0 radical (unpaired) electrons. The van der Waals surface area contributed by atoms with Gasteiger partial charge in [-0.2, -0.15) is 0 Å². The molecule has 0 aliphatic heterocycles. The molecule has 1 rings (SSSR count). The molecule has 0 saturated carbocycles. The maximum absolute atomic E-state index is 5.78. The lowest BCUT2D eigenvalue weighted by atomic mass is 9.87. The average molecular weight is 301 g/mol. The monoisotopic (exact) mass is 300 g/mol. The van der Waals surface area contributed by atoms with E-state index >= 15 is 0 Å². The van der Waals surface area contributed by atoms with Crippen LogP contribution in [0.3, 0.4) is 0 Å². The summed E-state index contributed by atoms with van der Waals surface area (Å²) in [6, 6.07) is 7.76. The smallest absolute Gasteiger partial charge is 0.161 e. The van der Waals surface area contributed by atoms with Crippen molar-refractivity contribution in [2.45, 2.75) is 26.7 Å². The number of ether oxygens (including phenoxy) is 2. The zero-order valence-electron chi connectivity index (χ0n) is 10.8. The molecule has 17 heavy (non-hydrogen) atoms. The van der Waals surface area contributed by atoms with Crippen molar-refractivity contribution in [2.75, 3.05) is 19.0 Å². The second kappa shape index (κ2) is 6.90. The van der Waals surface area contributed by atoms with Gasteiger partial charge in [-0.25, -0.2) is 0 Å². The number of benzene rings is 1. The summed E-state index contributed by atoms with van der Waals surface area (Å²) < 4.78 is 11.0. The predicted octanol–water partition coefficient (Wildman–Crippen LogP) is 4.28. The summed E-state index contributed by atoms with van der Waals surface area (Å²) in [5.41, 5.74) is 0.308. The maximum atomic E-state index is 5.78. The van der Waals surface area contributed by atoms with Crippen LogP contribution >= 0.6 is 15.9 Å². The summed E-state index contributed by atoms with van der Waals surface area (Å²) >= 11 is 3.57. The maximum Gasteiger partial charge on any atom is 0.161 e. The standard InChI is InChI=1S/C14H21BrO2/c1-4-14(2,11-15)9-10-17-13-8-6-5-7-12(13)16-3/h5-8H,4,9-11H2,1-3H3. The first-order valence-corrected chi connectivity index (χ1v) is 7.09. The molecule has 3 heteroatoms. The van der Waals surface area contributed by atoms with E-state index < -0.39 is 0 Å². The van der Waals surface area contributed by atoms with Crippen molar-refractivity contribution in [3.8, 4) is 11.5 Å². The Morgan fingerprint density at radius 2 is 1.88 bits per heavy atom. The molecule has 1 atom stereocenters. The van der Waals surface area contributed by atoms with E-state index in [1.54, 1.807) is 7.11 Å². The van der Waals surface area contributed by atoms with E-state index in [2.05, 4.69) is 29.8 Å². The summed E-state index contributed by atoms with van der Waals surface area (Å²) in [5.74, 6) is 1.62. The van der Waals surface area contributed by atoms with Crippen LogP contribution in [-0.2, 0) is 0 Å². The van der Waals surface area contributed by atoms with E-state index in [1.807, 2.05) is 24.3 Å². The molecule has 1 unspecified atom stereocenters. The Balaban J connectivity index is 2.51. The van der Waals surface area contributed by atoms with Gasteiger partial charge in [0, 0.05) is 5.33 Å². The summed E-state index contributed by atoms with van der Waals surface area (Å²) in [5, 5.41) is 1.01. The van der Waals surface area contributed by atoms with Gasteiger partial charge in [-0.1, -0.05) is 41.9 Å². The minimum absolute atomic E-state index is 0.308. The lowest BCUT2D eigenvalue weighted by Crippen LogP contribution is -2.20. The predicted molar refractivity (Wildman–Crippen MR) is 75.3 cm³/mol. The number of hydrogen-bond acceptors (Lipinski definition) is 2. The Morgan fingerprint density at radius 1 is 1.24 bits per heavy atom. The first kappa shape index (κ1) is 14.4. The van der Waals surface area contributed by atoms with Crippen molar-refractivity contribution in [2.24, 2.45) is 5.41 Å². The van der Waals surface area contributed by atoms with Crippen LogP contribution in [0.1, 0.15) is 26.7 Å². The van der Waals surface area contributed by atoms with Crippen LogP contribution in [-0.4, -0.2) is 19.0 Å². The molecular formula is C14H21BrO2. The molecule has 0 saturated heterocycles. The SMILES string of the molecule is CCC(C)(CBr)CCOc1ccccc1OC. The van der Waals surface area contributed by atoms with Crippen molar-refractivity contribution in [3.63, 3.8) is 0 Å². The second-order valence-corrected chi connectivity index (χ2v) is 5.11. The summed E-state index contributed by atoms with van der Waals surface area (Å²) in [6.45, 7) is 5.20. The fraction of sp³-hybridized carbons (Fsp3) is 0.571. The number of halogens is 1. The number of alkyl halides is 1. The lowest BCUT2D eigenvalue weighted by molar-refractivity contribution is 0.221. The van der Waals surface area contributed by atoms with Gasteiger partial charge in [-0.3, -0.25) is 0 Å². The Morgan fingerprint density at radius 3 is 2.41 bits per heavy atom. The minimum atomic E-state index is 0.308. The molecule has 0 amide bonds. The molecule has 0 aliphatic carbocycles. The molecule has 0 aromatic heterocycles. The molecule has 1 aromatic carbocycles. The number of rotatable bonds is 7. The van der Waals surface area contributed by atoms with E-state index in [0.717, 1.165) is 36.3 Å². The first-order valence-electron chi connectivity index (χ1n) is 5.97. The quantitative estimate of drug-likeness (QED) is 0.700. The van der Waals surface area contributed by atoms with Crippen LogP contribution in [0.25, 0.3) is 0 Å². The second-order valence-electron chi connectivity index (χ2n) is 4.55. The zero-order chi connectivity index (χ0) is 12.7. The Hall–Kier alpha value is -0.700. The van der Waals surface area contributed by atoms with E-state index in [1.165, 1.54) is 0 Å². The largest absolute Gasteiger partial charge is 0.493 e. The van der Waals surface area contributed by atoms with Gasteiger partial charge >= 0.3 is 0 Å². The fourth-order valence-corrected chi connectivity index (χ4v) is 2.16. The van der Waals surface area contributed by atoms with E-state index in [-0.39, 0.29) is 0 Å². The van der Waals surface area contributed by atoms with Gasteiger partial charge in [-0.05, 0) is 30.4 Å². The van der Waals surface area contributed by atoms with Crippen molar-refractivity contribution < 1.29 is 9.47 Å². The molecule has 1 aromatic rings. The van der Waals surface area contributed by atoms with Crippen molar-refractivity contribution in [3.05, 3.63) is 24.3 Å². The molecule has 0 spiro atoms. The Kier molecular flexibility index (Phi) is 5.83. The molecule has 2 nitrogen and oxygen atoms in total. The molecule has 0 N–H and O–H groups in total. The van der Waals surface area contributed by atoms with Crippen molar-refractivity contribution in [1.82, 2.24) is 0 Å². The average Bonchev–Trinajstić information content (AvgIpc) is 2.39. The van der Waals surface area contributed by atoms with Crippen LogP contribution in [0.15, 0.2) is 24.3 Å². The van der Waals surface area contributed by atoms with Crippen LogP contribution in [0.5, 0.6) is 11.5 Å². The van der Waals surface area contributed by atoms with Crippen molar-refractivity contribution in [1.29, 1.82) is 0 Å². The summed E-state index contributed by atoms with van der Waals surface area (Å²) in [6.07, 6.45) is 2.18. The first-order chi connectivity index (χ1) is 8.15. The van der Waals surface area contributed by atoms with Crippen LogP contribution in [0, 0.1) is 5.41 Å². The summed E-state index contributed by atoms with van der Waals surface area (Å²) in [4.78, 5) is 0. The van der Waals surface area contributed by atoms with Gasteiger partial charge in [0.15, 0.2) is 11.5 Å². The van der Waals surface area contributed by atoms with Crippen LogP contribution < -0.4 is 9.47 Å². The number of methoxy groups -OCH3 is 1. The highest BCUT2D eigenvalue weighted by Gasteiger charge is 2.20. The van der Waals surface area contributed by atoms with Gasteiger partial charge in [0.25, 0.3) is 0 Å². The van der Waals surface area contributed by atoms with Gasteiger partial charge in [-0.15, -0.1) is 0 Å². The molecule has 96 valence electrons. The molecule has 0 bridgehead atoms. The zero-order valence-corrected chi connectivity index (χ0v) is 12.4. The molecule has 0 fully saturated rings. The third-order valence-electron chi connectivity index (χ3n) is 3.21. The Labute approximate surface area is 112 Å². The highest BCUT2D eigenvalue weighted by molar-refractivity contribution is 9.09. The third-order valence-corrected chi connectivity index (χ3v) is 4.56. The van der Waals surface area contributed by atoms with Crippen LogP contribution in [0.2, 0.25) is 0 Å². The van der Waals surface area contributed by atoms with Gasteiger partial charge < -0.3 is 9.47 Å². The fourth-order valence-electron chi connectivity index (χ4n) is 1.48. The molecule has 0 aliphatic rings. The van der Waals surface area contributed by atoms with Gasteiger partial charge in [0.2, 0.25) is 0 Å². The minimum Gasteiger partial charge on any atom is -0.493 e. The third kappa shape index (κ3) is 4.23. The Bertz CT molecular complexity index is 335.